The average Bonchev–Trinajstić information content (AvgIpc) is 3.16. The second-order valence-electron chi connectivity index (χ2n) is 5.16. The molecule has 0 aliphatic carbocycles. The highest BCUT2D eigenvalue weighted by atomic mass is 35.5. The van der Waals surface area contributed by atoms with Gasteiger partial charge < -0.3 is 19.9 Å². The highest BCUT2D eigenvalue weighted by Crippen LogP contribution is 2.33. The molecule has 112 valence electrons. The van der Waals surface area contributed by atoms with Gasteiger partial charge in [-0.25, -0.2) is 4.98 Å². The minimum Gasteiger partial charge on any atom is -0.495 e. The SMILES string of the molecule is COc1ccc(Cl)cc1N1CCC(NCc2ncc[nH]2)C1. The topological polar surface area (TPSA) is 53.2 Å². The van der Waals surface area contributed by atoms with Crippen LogP contribution >= 0.6 is 11.6 Å². The molecule has 1 aromatic heterocycles. The van der Waals surface area contributed by atoms with Gasteiger partial charge in [-0.1, -0.05) is 11.6 Å². The Morgan fingerprint density at radius 2 is 2.43 bits per heavy atom. The molecule has 0 amide bonds. The zero-order chi connectivity index (χ0) is 14.7. The van der Waals surface area contributed by atoms with Crippen LogP contribution < -0.4 is 15.0 Å². The van der Waals surface area contributed by atoms with Crippen molar-refractivity contribution in [3.8, 4) is 5.75 Å². The summed E-state index contributed by atoms with van der Waals surface area (Å²) in [5.74, 6) is 1.83. The molecule has 0 saturated carbocycles. The van der Waals surface area contributed by atoms with Gasteiger partial charge >= 0.3 is 0 Å². The third-order valence-corrected chi connectivity index (χ3v) is 4.02. The largest absolute Gasteiger partial charge is 0.495 e. The third-order valence-electron chi connectivity index (χ3n) is 3.78. The summed E-state index contributed by atoms with van der Waals surface area (Å²) in [6.45, 7) is 2.70. The Morgan fingerprint density at radius 3 is 3.19 bits per heavy atom. The van der Waals surface area contributed by atoms with Crippen molar-refractivity contribution in [2.75, 3.05) is 25.1 Å². The first-order valence-corrected chi connectivity index (χ1v) is 7.44. The second-order valence-corrected chi connectivity index (χ2v) is 5.60. The Morgan fingerprint density at radius 1 is 1.52 bits per heavy atom. The number of aromatic nitrogens is 2. The zero-order valence-corrected chi connectivity index (χ0v) is 12.7. The minimum absolute atomic E-state index is 0.443. The number of rotatable bonds is 5. The van der Waals surface area contributed by atoms with Gasteiger partial charge in [-0.05, 0) is 24.6 Å². The van der Waals surface area contributed by atoms with Crippen LogP contribution in [0.4, 0.5) is 5.69 Å². The molecule has 2 aromatic rings. The molecule has 1 fully saturated rings. The van der Waals surface area contributed by atoms with E-state index in [0.717, 1.165) is 48.3 Å². The van der Waals surface area contributed by atoms with Crippen molar-refractivity contribution in [3.63, 3.8) is 0 Å². The van der Waals surface area contributed by atoms with Crippen molar-refractivity contribution in [1.29, 1.82) is 0 Å². The van der Waals surface area contributed by atoms with Crippen LogP contribution in [0.5, 0.6) is 5.75 Å². The molecule has 1 saturated heterocycles. The predicted octanol–water partition coefficient (Wildman–Crippen LogP) is 2.44. The number of nitrogens with zero attached hydrogens (tertiary/aromatic N) is 2. The van der Waals surface area contributed by atoms with Crippen LogP contribution in [-0.2, 0) is 6.54 Å². The predicted molar refractivity (Wildman–Crippen MR) is 84.0 cm³/mol. The van der Waals surface area contributed by atoms with Crippen molar-refractivity contribution in [2.45, 2.75) is 19.0 Å². The van der Waals surface area contributed by atoms with Crippen LogP contribution in [0.1, 0.15) is 12.2 Å². The molecule has 1 aromatic carbocycles. The van der Waals surface area contributed by atoms with E-state index in [4.69, 9.17) is 16.3 Å². The summed E-state index contributed by atoms with van der Waals surface area (Å²) >= 11 is 6.11. The van der Waals surface area contributed by atoms with Gasteiger partial charge in [0, 0.05) is 36.5 Å². The fourth-order valence-corrected chi connectivity index (χ4v) is 2.86. The van der Waals surface area contributed by atoms with Crippen molar-refractivity contribution in [1.82, 2.24) is 15.3 Å². The highest BCUT2D eigenvalue weighted by Gasteiger charge is 2.24. The molecule has 3 rings (SSSR count). The molecule has 0 bridgehead atoms. The maximum absolute atomic E-state index is 6.11. The first-order chi connectivity index (χ1) is 10.3. The summed E-state index contributed by atoms with van der Waals surface area (Å²) in [5.41, 5.74) is 1.06. The summed E-state index contributed by atoms with van der Waals surface area (Å²) in [4.78, 5) is 9.64. The van der Waals surface area contributed by atoms with E-state index >= 15 is 0 Å². The Balaban J connectivity index is 1.62. The molecule has 1 atom stereocenters. The van der Waals surface area contributed by atoms with Crippen molar-refractivity contribution in [2.24, 2.45) is 0 Å². The van der Waals surface area contributed by atoms with E-state index in [-0.39, 0.29) is 0 Å². The van der Waals surface area contributed by atoms with Gasteiger partial charge in [-0.15, -0.1) is 0 Å². The lowest BCUT2D eigenvalue weighted by Crippen LogP contribution is -2.32. The lowest BCUT2D eigenvalue weighted by molar-refractivity contribution is 0.414. The maximum atomic E-state index is 6.11. The lowest BCUT2D eigenvalue weighted by Gasteiger charge is -2.21. The second kappa shape index (κ2) is 6.37. The van der Waals surface area contributed by atoms with E-state index in [2.05, 4.69) is 20.2 Å². The van der Waals surface area contributed by atoms with Gasteiger partial charge in [-0.2, -0.15) is 0 Å². The van der Waals surface area contributed by atoms with Crippen LogP contribution in [0.15, 0.2) is 30.6 Å². The molecular formula is C15H19ClN4O. The normalized spacial score (nSPS) is 18.2. The third kappa shape index (κ3) is 3.31. The number of hydrogen-bond donors (Lipinski definition) is 2. The van der Waals surface area contributed by atoms with Gasteiger partial charge in [0.05, 0.1) is 19.3 Å². The summed E-state index contributed by atoms with van der Waals surface area (Å²) in [7, 11) is 1.69. The highest BCUT2D eigenvalue weighted by molar-refractivity contribution is 6.30. The van der Waals surface area contributed by atoms with E-state index in [1.807, 2.05) is 24.4 Å². The Labute approximate surface area is 129 Å². The van der Waals surface area contributed by atoms with Gasteiger partial charge in [-0.3, -0.25) is 0 Å². The number of anilines is 1. The van der Waals surface area contributed by atoms with Crippen molar-refractivity contribution in [3.05, 3.63) is 41.4 Å². The number of H-pyrrole nitrogens is 1. The first-order valence-electron chi connectivity index (χ1n) is 7.06. The molecule has 2 N–H and O–H groups in total. The molecule has 2 heterocycles. The quantitative estimate of drug-likeness (QED) is 0.891. The average molecular weight is 307 g/mol. The lowest BCUT2D eigenvalue weighted by atomic mass is 10.2. The van der Waals surface area contributed by atoms with Crippen LogP contribution in [0, 0.1) is 0 Å². The van der Waals surface area contributed by atoms with E-state index in [1.165, 1.54) is 0 Å². The summed E-state index contributed by atoms with van der Waals surface area (Å²) in [5, 5.41) is 4.26. The fraction of sp³-hybridized carbons (Fsp3) is 0.400. The van der Waals surface area contributed by atoms with Crippen LogP contribution in [0.2, 0.25) is 5.02 Å². The van der Waals surface area contributed by atoms with E-state index in [0.29, 0.717) is 6.04 Å². The van der Waals surface area contributed by atoms with Crippen molar-refractivity contribution < 1.29 is 4.74 Å². The monoisotopic (exact) mass is 306 g/mol. The molecular weight excluding hydrogens is 288 g/mol. The fourth-order valence-electron chi connectivity index (χ4n) is 2.69. The number of nitrogens with one attached hydrogen (secondary N) is 2. The number of aromatic amines is 1. The number of benzene rings is 1. The van der Waals surface area contributed by atoms with Crippen molar-refractivity contribution >= 4 is 17.3 Å². The van der Waals surface area contributed by atoms with E-state index in [9.17, 15) is 0 Å². The number of ether oxygens (including phenoxy) is 1. The Bertz CT molecular complexity index is 587. The van der Waals surface area contributed by atoms with Gasteiger partial charge in [0.15, 0.2) is 0 Å². The molecule has 1 aliphatic rings. The molecule has 6 heteroatoms. The number of imidazole rings is 1. The van der Waals surface area contributed by atoms with Crippen LogP contribution in [0.25, 0.3) is 0 Å². The molecule has 1 unspecified atom stereocenters. The zero-order valence-electron chi connectivity index (χ0n) is 12.0. The molecule has 1 aliphatic heterocycles. The molecule has 0 radical (unpaired) electrons. The number of halogens is 1. The van der Waals surface area contributed by atoms with Gasteiger partial charge in [0.2, 0.25) is 0 Å². The van der Waals surface area contributed by atoms with Crippen LogP contribution in [-0.4, -0.2) is 36.2 Å². The van der Waals surface area contributed by atoms with Gasteiger partial charge in [0.1, 0.15) is 11.6 Å². The van der Waals surface area contributed by atoms with E-state index in [1.54, 1.807) is 13.3 Å². The molecule has 21 heavy (non-hydrogen) atoms. The summed E-state index contributed by atoms with van der Waals surface area (Å²) in [6, 6.07) is 6.18. The van der Waals surface area contributed by atoms with E-state index < -0.39 is 0 Å². The first kappa shape index (κ1) is 14.2. The smallest absolute Gasteiger partial charge is 0.142 e. The van der Waals surface area contributed by atoms with Gasteiger partial charge in [0.25, 0.3) is 0 Å². The summed E-state index contributed by atoms with van der Waals surface area (Å²) < 4.78 is 5.43. The molecule has 5 nitrogen and oxygen atoms in total. The Hall–Kier alpha value is -1.72. The Kier molecular flexibility index (Phi) is 4.31. The maximum Gasteiger partial charge on any atom is 0.142 e. The molecule has 0 spiro atoms. The standard InChI is InChI=1S/C15H19ClN4O/c1-21-14-3-2-11(16)8-13(14)20-7-4-12(10-20)19-9-15-17-5-6-18-15/h2-3,5-6,8,12,19H,4,7,9-10H2,1H3,(H,17,18). The summed E-state index contributed by atoms with van der Waals surface area (Å²) in [6.07, 6.45) is 4.71. The number of methoxy groups -OCH3 is 1. The minimum atomic E-state index is 0.443. The van der Waals surface area contributed by atoms with Crippen LogP contribution in [0.3, 0.4) is 0 Å². The number of hydrogen-bond acceptors (Lipinski definition) is 4.